The van der Waals surface area contributed by atoms with Crippen molar-refractivity contribution in [3.8, 4) is 0 Å². The van der Waals surface area contributed by atoms with Crippen LogP contribution in [0.25, 0.3) is 0 Å². The molecule has 1 aliphatic rings. The van der Waals surface area contributed by atoms with E-state index in [1.54, 1.807) is 0 Å². The Morgan fingerprint density at radius 1 is 0.846 bits per heavy atom. The lowest BCUT2D eigenvalue weighted by molar-refractivity contribution is -0.127. The van der Waals surface area contributed by atoms with Crippen LogP contribution in [-0.4, -0.2) is 5.78 Å². The molecule has 138 valence electrons. The van der Waals surface area contributed by atoms with Gasteiger partial charge >= 0.3 is 0 Å². The third-order valence-corrected chi connectivity index (χ3v) is 5.58. The van der Waals surface area contributed by atoms with Gasteiger partial charge in [0.25, 0.3) is 0 Å². The molecule has 26 heavy (non-hydrogen) atoms. The summed E-state index contributed by atoms with van der Waals surface area (Å²) in [6, 6.07) is 21.1. The highest BCUT2D eigenvalue weighted by Gasteiger charge is 2.36. The molecule has 3 rings (SSSR count). The van der Waals surface area contributed by atoms with E-state index in [-0.39, 0.29) is 18.0 Å². The summed E-state index contributed by atoms with van der Waals surface area (Å²) >= 11 is 0. The number of carbonyl (C=O) groups excluding carboxylic acids is 1. The van der Waals surface area contributed by atoms with Gasteiger partial charge in [-0.25, -0.2) is 0 Å². The van der Waals surface area contributed by atoms with Gasteiger partial charge in [-0.2, -0.15) is 0 Å². The molecule has 1 saturated heterocycles. The zero-order valence-corrected chi connectivity index (χ0v) is 15.9. The van der Waals surface area contributed by atoms with E-state index in [0.717, 1.165) is 12.8 Å². The van der Waals surface area contributed by atoms with E-state index in [1.807, 2.05) is 12.1 Å². The molecule has 0 unspecified atom stereocenters. The van der Waals surface area contributed by atoms with Crippen molar-refractivity contribution in [1.29, 1.82) is 0 Å². The van der Waals surface area contributed by atoms with Gasteiger partial charge in [-0.05, 0) is 17.5 Å². The molecule has 2 nitrogen and oxygen atoms in total. The van der Waals surface area contributed by atoms with E-state index in [2.05, 4.69) is 60.8 Å². The molecule has 2 aromatic rings. The first-order valence-electron chi connectivity index (χ1n) is 10.2. The summed E-state index contributed by atoms with van der Waals surface area (Å²) in [5.41, 5.74) is 2.45. The minimum Gasteiger partial charge on any atom is -0.302 e. The summed E-state index contributed by atoms with van der Waals surface area (Å²) in [6.07, 6.45) is 7.83. The number of unbranched alkanes of at least 4 members (excludes halogenated alkanes) is 4. The lowest BCUT2D eigenvalue weighted by atomic mass is 9.78. The predicted octanol–water partition coefficient (Wildman–Crippen LogP) is 6.01. The molecule has 1 N–H and O–H groups in total. The first-order chi connectivity index (χ1) is 12.8. The largest absolute Gasteiger partial charge is 0.302 e. The van der Waals surface area contributed by atoms with Crippen LogP contribution in [0, 0.1) is 5.92 Å². The summed E-state index contributed by atoms with van der Waals surface area (Å²) in [4.78, 5) is 13.0. The van der Waals surface area contributed by atoms with Crippen molar-refractivity contribution >= 4 is 5.78 Å². The van der Waals surface area contributed by atoms with Crippen molar-refractivity contribution in [2.75, 3.05) is 0 Å². The number of nitrogens with one attached hydrogen (secondary N) is 1. The van der Waals surface area contributed by atoms with E-state index < -0.39 is 0 Å². The van der Waals surface area contributed by atoms with Gasteiger partial charge in [0.15, 0.2) is 0 Å². The maximum atomic E-state index is 13.0. The topological polar surface area (TPSA) is 29.1 Å². The number of ketones is 1. The molecular weight excluding hydrogens is 318 g/mol. The lowest BCUT2D eigenvalue weighted by Gasteiger charge is -2.37. The van der Waals surface area contributed by atoms with Crippen LogP contribution in [0.2, 0.25) is 0 Å². The van der Waals surface area contributed by atoms with E-state index in [4.69, 9.17) is 0 Å². The Bertz CT molecular complexity index is 667. The van der Waals surface area contributed by atoms with E-state index >= 15 is 0 Å². The summed E-state index contributed by atoms with van der Waals surface area (Å²) < 4.78 is 0. The average molecular weight is 350 g/mol. The smallest absolute Gasteiger partial charge is 0.139 e. The number of carbonyl (C=O) groups is 1. The molecule has 1 heterocycles. The van der Waals surface area contributed by atoms with Crippen molar-refractivity contribution in [3.05, 3.63) is 71.8 Å². The first kappa shape index (κ1) is 18.8. The maximum Gasteiger partial charge on any atom is 0.139 e. The second-order valence-electron chi connectivity index (χ2n) is 7.50. The fourth-order valence-corrected chi connectivity index (χ4v) is 4.11. The van der Waals surface area contributed by atoms with Crippen LogP contribution in [0.5, 0.6) is 0 Å². The SMILES string of the molecule is CCCCCCC[C@@H]1C(=O)C[C@H](c2ccccc2)N[C@@H]1c1ccccc1. The lowest BCUT2D eigenvalue weighted by Crippen LogP contribution is -2.42. The van der Waals surface area contributed by atoms with Crippen molar-refractivity contribution in [2.24, 2.45) is 5.92 Å². The summed E-state index contributed by atoms with van der Waals surface area (Å²) in [6.45, 7) is 2.24. The van der Waals surface area contributed by atoms with Crippen LogP contribution in [0.15, 0.2) is 60.7 Å². The number of piperidine rings is 1. The molecule has 2 heteroatoms. The Kier molecular flexibility index (Phi) is 7.02. The highest BCUT2D eigenvalue weighted by Crippen LogP contribution is 2.37. The van der Waals surface area contributed by atoms with Gasteiger partial charge < -0.3 is 5.32 Å². The van der Waals surface area contributed by atoms with Crippen LogP contribution < -0.4 is 5.32 Å². The van der Waals surface area contributed by atoms with Crippen LogP contribution in [0.1, 0.15) is 75.1 Å². The number of hydrogen-bond donors (Lipinski definition) is 1. The molecule has 1 aliphatic heterocycles. The van der Waals surface area contributed by atoms with Crippen molar-refractivity contribution in [2.45, 2.75) is 64.0 Å². The quantitative estimate of drug-likeness (QED) is 0.591. The normalized spacial score (nSPS) is 23.1. The molecule has 0 amide bonds. The summed E-state index contributed by atoms with van der Waals surface area (Å²) in [7, 11) is 0. The number of Topliss-reactive ketones (excluding diaryl/α,β-unsaturated/α-hetero) is 1. The van der Waals surface area contributed by atoms with Gasteiger partial charge in [-0.3, -0.25) is 4.79 Å². The average Bonchev–Trinajstić information content (AvgIpc) is 2.70. The van der Waals surface area contributed by atoms with Crippen LogP contribution in [0.3, 0.4) is 0 Å². The molecule has 3 atom stereocenters. The molecular formula is C24H31NO. The minimum atomic E-state index is 0.0963. The van der Waals surface area contributed by atoms with Gasteiger partial charge in [0, 0.05) is 24.4 Å². The van der Waals surface area contributed by atoms with E-state index in [9.17, 15) is 4.79 Å². The molecule has 2 aromatic carbocycles. The van der Waals surface area contributed by atoms with Crippen LogP contribution in [0.4, 0.5) is 0 Å². The zero-order valence-electron chi connectivity index (χ0n) is 15.9. The summed E-state index contributed by atoms with van der Waals surface area (Å²) in [5.74, 6) is 0.515. The van der Waals surface area contributed by atoms with E-state index in [1.165, 1.54) is 36.8 Å². The Hall–Kier alpha value is -1.93. The van der Waals surface area contributed by atoms with Gasteiger partial charge in [-0.15, -0.1) is 0 Å². The van der Waals surface area contributed by atoms with Crippen molar-refractivity contribution in [1.82, 2.24) is 5.32 Å². The third-order valence-electron chi connectivity index (χ3n) is 5.58. The number of hydrogen-bond acceptors (Lipinski definition) is 2. The Morgan fingerprint density at radius 3 is 2.12 bits per heavy atom. The van der Waals surface area contributed by atoms with Crippen LogP contribution in [-0.2, 0) is 4.79 Å². The molecule has 1 fully saturated rings. The fourth-order valence-electron chi connectivity index (χ4n) is 4.11. The Labute approximate surface area is 158 Å². The second-order valence-corrected chi connectivity index (χ2v) is 7.50. The Morgan fingerprint density at radius 2 is 1.46 bits per heavy atom. The fraction of sp³-hybridized carbons (Fsp3) is 0.458. The highest BCUT2D eigenvalue weighted by molar-refractivity contribution is 5.83. The summed E-state index contributed by atoms with van der Waals surface area (Å²) in [5, 5.41) is 3.80. The van der Waals surface area contributed by atoms with E-state index in [0.29, 0.717) is 12.2 Å². The first-order valence-corrected chi connectivity index (χ1v) is 10.2. The van der Waals surface area contributed by atoms with Gasteiger partial charge in [0.1, 0.15) is 5.78 Å². The highest BCUT2D eigenvalue weighted by atomic mass is 16.1. The third kappa shape index (κ3) is 4.82. The predicted molar refractivity (Wildman–Crippen MR) is 108 cm³/mol. The molecule has 0 aromatic heterocycles. The minimum absolute atomic E-state index is 0.0963. The molecule has 0 aliphatic carbocycles. The molecule has 0 saturated carbocycles. The molecule has 0 bridgehead atoms. The van der Waals surface area contributed by atoms with Crippen molar-refractivity contribution in [3.63, 3.8) is 0 Å². The zero-order chi connectivity index (χ0) is 18.2. The Balaban J connectivity index is 1.74. The van der Waals surface area contributed by atoms with Crippen LogP contribution >= 0.6 is 0 Å². The monoisotopic (exact) mass is 349 g/mol. The molecule has 0 spiro atoms. The maximum absolute atomic E-state index is 13.0. The van der Waals surface area contributed by atoms with Gasteiger partial charge in [-0.1, -0.05) is 99.7 Å². The van der Waals surface area contributed by atoms with Gasteiger partial charge in [0.05, 0.1) is 0 Å². The molecule has 0 radical (unpaired) electrons. The number of rotatable bonds is 8. The standard InChI is InChI=1S/C24H31NO/c1-2-3-4-5-12-17-21-23(26)18-22(19-13-8-6-9-14-19)25-24(21)20-15-10-7-11-16-20/h6-11,13-16,21-22,24-25H,2-5,12,17-18H2,1H3/t21-,22-,24-/m1/s1. The number of benzene rings is 2. The van der Waals surface area contributed by atoms with Crippen molar-refractivity contribution < 1.29 is 4.79 Å². The van der Waals surface area contributed by atoms with Gasteiger partial charge in [0.2, 0.25) is 0 Å². The second kappa shape index (κ2) is 9.68.